The molecule has 4 aliphatic rings. The quantitative estimate of drug-likeness (QED) is 0.581. The van der Waals surface area contributed by atoms with Crippen LogP contribution in [0.25, 0.3) is 0 Å². The molecule has 8 heteroatoms. The van der Waals surface area contributed by atoms with Crippen molar-refractivity contribution in [2.75, 3.05) is 33.3 Å². The maximum absolute atomic E-state index is 14.1. The fourth-order valence-corrected chi connectivity index (χ4v) is 6.23. The zero-order valence-electron chi connectivity index (χ0n) is 20.2. The van der Waals surface area contributed by atoms with Crippen LogP contribution in [-0.4, -0.2) is 94.1 Å². The normalized spacial score (nSPS) is 36.6. The summed E-state index contributed by atoms with van der Waals surface area (Å²) in [7, 11) is 1.74. The fraction of sp³-hybridized carbons (Fsp3) is 0.720. The van der Waals surface area contributed by atoms with Gasteiger partial charge in [-0.1, -0.05) is 51.5 Å². The van der Waals surface area contributed by atoms with E-state index in [4.69, 9.17) is 4.74 Å². The fourth-order valence-electron chi connectivity index (χ4n) is 6.23. The highest BCUT2D eigenvalue weighted by molar-refractivity contribution is 6.00. The first-order valence-corrected chi connectivity index (χ1v) is 12.3. The number of fused-ring (bicyclic) bond motifs is 2. The van der Waals surface area contributed by atoms with Gasteiger partial charge in [0.25, 0.3) is 0 Å². The highest BCUT2D eigenvalue weighted by Gasteiger charge is 2.75. The van der Waals surface area contributed by atoms with Crippen LogP contribution in [0.15, 0.2) is 24.3 Å². The van der Waals surface area contributed by atoms with Gasteiger partial charge in [0.15, 0.2) is 0 Å². The third kappa shape index (κ3) is 3.36. The molecule has 182 valence electrons. The first kappa shape index (κ1) is 24.0. The van der Waals surface area contributed by atoms with Crippen molar-refractivity contribution in [3.05, 3.63) is 24.3 Å². The number of hydrogen-bond donors (Lipinski definition) is 1. The molecule has 4 heterocycles. The summed E-state index contributed by atoms with van der Waals surface area (Å²) in [6.07, 6.45) is 10.5. The molecule has 0 aromatic carbocycles. The smallest absolute Gasteiger partial charge is 0.249 e. The van der Waals surface area contributed by atoms with E-state index in [1.807, 2.05) is 38.2 Å². The maximum atomic E-state index is 14.1. The van der Waals surface area contributed by atoms with Crippen molar-refractivity contribution in [1.82, 2.24) is 14.7 Å². The lowest BCUT2D eigenvalue weighted by Crippen LogP contribution is -2.58. The highest BCUT2D eigenvalue weighted by atomic mass is 16.5. The maximum Gasteiger partial charge on any atom is 0.249 e. The number of likely N-dealkylation sites (N-methyl/N-ethyl adjacent to an activating group) is 1. The van der Waals surface area contributed by atoms with E-state index in [1.54, 1.807) is 21.7 Å². The molecule has 2 fully saturated rings. The van der Waals surface area contributed by atoms with Gasteiger partial charge < -0.3 is 24.5 Å². The summed E-state index contributed by atoms with van der Waals surface area (Å²) in [5, 5.41) is 10.1. The van der Waals surface area contributed by atoms with Gasteiger partial charge in [-0.3, -0.25) is 14.4 Å². The Bertz CT molecular complexity index is 868. The van der Waals surface area contributed by atoms with Crippen LogP contribution < -0.4 is 0 Å². The first-order valence-electron chi connectivity index (χ1n) is 12.3. The zero-order chi connectivity index (χ0) is 24.0. The molecule has 0 radical (unpaired) electrons. The molecule has 1 N–H and O–H groups in total. The molecule has 3 amide bonds. The second-order valence-electron chi connectivity index (χ2n) is 9.77. The number of nitrogens with zero attached hydrogens (tertiary/aromatic N) is 3. The van der Waals surface area contributed by atoms with Crippen molar-refractivity contribution in [3.8, 4) is 0 Å². The summed E-state index contributed by atoms with van der Waals surface area (Å²) in [6, 6.07) is -1.41. The van der Waals surface area contributed by atoms with Crippen LogP contribution in [0.1, 0.15) is 46.5 Å². The van der Waals surface area contributed by atoms with Gasteiger partial charge in [0.2, 0.25) is 17.7 Å². The van der Waals surface area contributed by atoms with Gasteiger partial charge in [-0.05, 0) is 19.3 Å². The number of hydrogen-bond acceptors (Lipinski definition) is 5. The standard InChI is InChI=1S/C25H37N3O5/c1-5-8-14-27-15-10-12-25-19(22(31)28(17(6-2)16-29)20(25)23(27)32)18-21(30)26(4)13-9-11-24(18,7-3)33-25/h9-12,17-20,29H,5-8,13-16H2,1-4H3/t17-,18+,19-,20?,24-,25-/m0/s1. The van der Waals surface area contributed by atoms with E-state index in [1.165, 1.54) is 0 Å². The molecule has 0 bridgehead atoms. The summed E-state index contributed by atoms with van der Waals surface area (Å²) in [4.78, 5) is 46.7. The summed E-state index contributed by atoms with van der Waals surface area (Å²) in [5.74, 6) is -2.10. The number of carbonyl (C=O) groups excluding carboxylic acids is 3. The summed E-state index contributed by atoms with van der Waals surface area (Å²) >= 11 is 0. The highest BCUT2D eigenvalue weighted by Crippen LogP contribution is 2.58. The minimum atomic E-state index is -1.24. The van der Waals surface area contributed by atoms with Gasteiger partial charge in [-0.25, -0.2) is 0 Å². The van der Waals surface area contributed by atoms with Crippen LogP contribution in [0.5, 0.6) is 0 Å². The predicted octanol–water partition coefficient (Wildman–Crippen LogP) is 1.35. The molecule has 0 aromatic rings. The Labute approximate surface area is 196 Å². The van der Waals surface area contributed by atoms with E-state index < -0.39 is 35.1 Å². The van der Waals surface area contributed by atoms with Gasteiger partial charge in [-0.15, -0.1) is 0 Å². The molecular weight excluding hydrogens is 422 g/mol. The van der Waals surface area contributed by atoms with Gasteiger partial charge >= 0.3 is 0 Å². The second kappa shape index (κ2) is 8.87. The molecule has 33 heavy (non-hydrogen) atoms. The Morgan fingerprint density at radius 2 is 1.79 bits per heavy atom. The third-order valence-corrected chi connectivity index (χ3v) is 8.02. The van der Waals surface area contributed by atoms with Gasteiger partial charge in [0.05, 0.1) is 30.1 Å². The van der Waals surface area contributed by atoms with E-state index >= 15 is 0 Å². The number of amides is 3. The molecule has 6 atom stereocenters. The van der Waals surface area contributed by atoms with Crippen molar-refractivity contribution in [3.63, 3.8) is 0 Å². The van der Waals surface area contributed by atoms with Crippen molar-refractivity contribution in [2.24, 2.45) is 11.8 Å². The summed E-state index contributed by atoms with van der Waals surface area (Å²) in [6.45, 7) is 7.18. The molecule has 0 aromatic heterocycles. The Morgan fingerprint density at radius 1 is 1.06 bits per heavy atom. The van der Waals surface area contributed by atoms with Crippen molar-refractivity contribution >= 4 is 17.7 Å². The van der Waals surface area contributed by atoms with Crippen LogP contribution in [0.4, 0.5) is 0 Å². The number of ether oxygens (including phenoxy) is 1. The monoisotopic (exact) mass is 459 g/mol. The molecule has 8 nitrogen and oxygen atoms in total. The van der Waals surface area contributed by atoms with Crippen LogP contribution in [-0.2, 0) is 19.1 Å². The van der Waals surface area contributed by atoms with Crippen molar-refractivity contribution < 1.29 is 24.2 Å². The summed E-state index contributed by atoms with van der Waals surface area (Å²) in [5.41, 5.74) is -2.19. The third-order valence-electron chi connectivity index (χ3n) is 8.02. The number of unbranched alkanes of at least 4 members (excludes halogenated alkanes) is 1. The minimum Gasteiger partial charge on any atom is -0.394 e. The number of aliphatic hydroxyl groups is 1. The molecule has 2 saturated heterocycles. The molecule has 0 aliphatic carbocycles. The molecule has 4 rings (SSSR count). The van der Waals surface area contributed by atoms with E-state index in [-0.39, 0.29) is 24.3 Å². The van der Waals surface area contributed by atoms with Crippen LogP contribution in [0.3, 0.4) is 0 Å². The SMILES string of the molecule is CCCCN1CC=C[C@]23O[C@@]4(CC)C=CCN(C)C(=O)[C@H]4[C@H]2C(=O)N([C@@H](CC)CO)C3C1=O. The Balaban J connectivity index is 1.90. The molecule has 4 aliphatic heterocycles. The topological polar surface area (TPSA) is 90.4 Å². The number of carbonyl (C=O) groups is 3. The Kier molecular flexibility index (Phi) is 6.44. The minimum absolute atomic E-state index is 0.136. The van der Waals surface area contributed by atoms with Crippen LogP contribution in [0, 0.1) is 11.8 Å². The first-order chi connectivity index (χ1) is 15.8. The molecular formula is C25H37N3O5. The average Bonchev–Trinajstić information content (AvgIpc) is 3.11. The lowest BCUT2D eigenvalue weighted by atomic mass is 9.73. The predicted molar refractivity (Wildman–Crippen MR) is 123 cm³/mol. The lowest BCUT2D eigenvalue weighted by molar-refractivity contribution is -0.157. The number of rotatable bonds is 7. The van der Waals surface area contributed by atoms with E-state index in [0.717, 1.165) is 12.8 Å². The van der Waals surface area contributed by atoms with E-state index in [9.17, 15) is 19.5 Å². The van der Waals surface area contributed by atoms with Crippen molar-refractivity contribution in [1.29, 1.82) is 0 Å². The average molecular weight is 460 g/mol. The molecule has 0 saturated carbocycles. The Morgan fingerprint density at radius 3 is 2.42 bits per heavy atom. The second-order valence-corrected chi connectivity index (χ2v) is 9.77. The van der Waals surface area contributed by atoms with Gasteiger partial charge in [0.1, 0.15) is 11.6 Å². The zero-order valence-corrected chi connectivity index (χ0v) is 20.2. The van der Waals surface area contributed by atoms with Crippen LogP contribution >= 0.6 is 0 Å². The van der Waals surface area contributed by atoms with E-state index in [0.29, 0.717) is 32.5 Å². The molecule has 1 spiro atoms. The van der Waals surface area contributed by atoms with Crippen LogP contribution in [0.2, 0.25) is 0 Å². The van der Waals surface area contributed by atoms with Crippen molar-refractivity contribution in [2.45, 2.75) is 69.7 Å². The lowest BCUT2D eigenvalue weighted by Gasteiger charge is -2.40. The number of aliphatic hydroxyl groups excluding tert-OH is 1. The molecule has 1 unspecified atom stereocenters. The van der Waals surface area contributed by atoms with Gasteiger partial charge in [-0.2, -0.15) is 0 Å². The largest absolute Gasteiger partial charge is 0.394 e. The van der Waals surface area contributed by atoms with Gasteiger partial charge in [0, 0.05) is 26.7 Å². The number of likely N-dealkylation sites (tertiary alicyclic amines) is 1. The Hall–Kier alpha value is -2.19. The van der Waals surface area contributed by atoms with E-state index in [2.05, 4.69) is 6.92 Å². The summed E-state index contributed by atoms with van der Waals surface area (Å²) < 4.78 is 6.85.